The van der Waals surface area contributed by atoms with Gasteiger partial charge in [0, 0.05) is 61.8 Å². The second-order valence-corrected chi connectivity index (χ2v) is 7.77. The normalized spacial score (nSPS) is 14.2. The summed E-state index contributed by atoms with van der Waals surface area (Å²) in [5.41, 5.74) is 3.97. The molecule has 1 aromatic carbocycles. The summed E-state index contributed by atoms with van der Waals surface area (Å²) < 4.78 is 0. The van der Waals surface area contributed by atoms with E-state index in [1.54, 1.807) is 12.1 Å². The van der Waals surface area contributed by atoms with Gasteiger partial charge in [0.05, 0.1) is 4.92 Å². The number of aryl methyl sites for hydroxylation is 2. The number of thioether (sulfide) groups is 1. The Hall–Kier alpha value is -2.68. The van der Waals surface area contributed by atoms with Gasteiger partial charge in [-0.2, -0.15) is 0 Å². The Bertz CT molecular complexity index is 872. The number of hydrogen-bond donors (Lipinski definition) is 0. The highest BCUT2D eigenvalue weighted by Gasteiger charge is 2.22. The summed E-state index contributed by atoms with van der Waals surface area (Å²) in [6, 6.07) is 6.56. The van der Waals surface area contributed by atoms with Crippen molar-refractivity contribution in [2.24, 2.45) is 0 Å². The molecule has 29 heavy (non-hydrogen) atoms. The summed E-state index contributed by atoms with van der Waals surface area (Å²) in [5, 5.41) is 11.5. The molecule has 0 spiro atoms. The summed E-state index contributed by atoms with van der Waals surface area (Å²) in [4.78, 5) is 36.1. The zero-order chi connectivity index (χ0) is 21.0. The van der Waals surface area contributed by atoms with Crippen molar-refractivity contribution in [3.8, 4) is 0 Å². The number of benzene rings is 1. The van der Waals surface area contributed by atoms with E-state index in [0.717, 1.165) is 27.8 Å². The van der Waals surface area contributed by atoms with Crippen LogP contribution in [0.15, 0.2) is 29.4 Å². The molecule has 154 valence electrons. The van der Waals surface area contributed by atoms with Gasteiger partial charge in [-0.15, -0.1) is 0 Å². The molecule has 0 saturated carbocycles. The fraction of sp³-hybridized carbons (Fsp3) is 0.450. The van der Waals surface area contributed by atoms with Crippen molar-refractivity contribution in [3.63, 3.8) is 0 Å². The Morgan fingerprint density at radius 3 is 2.21 bits per heavy atom. The number of nitro benzene ring substituents is 1. The molecular weight excluding hydrogens is 390 g/mol. The summed E-state index contributed by atoms with van der Waals surface area (Å²) in [5.74, 6) is 0.140. The Labute approximate surface area is 174 Å². The minimum atomic E-state index is -0.399. The van der Waals surface area contributed by atoms with Crippen LogP contribution in [-0.4, -0.2) is 58.1 Å². The van der Waals surface area contributed by atoms with Crippen molar-refractivity contribution in [2.45, 2.75) is 31.8 Å². The third-order valence-corrected chi connectivity index (χ3v) is 5.78. The smallest absolute Gasteiger partial charge is 0.269 e. The number of nitrogens with zero attached hydrogens (tertiary/aromatic N) is 5. The van der Waals surface area contributed by atoms with Gasteiger partial charge in [-0.3, -0.25) is 14.9 Å². The fourth-order valence-corrected chi connectivity index (χ4v) is 4.01. The van der Waals surface area contributed by atoms with Gasteiger partial charge in [0.1, 0.15) is 0 Å². The number of rotatable bonds is 6. The summed E-state index contributed by atoms with van der Waals surface area (Å²) >= 11 is 1.52. The molecule has 1 aliphatic heterocycles. The molecule has 8 nitrogen and oxygen atoms in total. The molecule has 2 heterocycles. The maximum Gasteiger partial charge on any atom is 0.269 e. The monoisotopic (exact) mass is 415 g/mol. The number of hydrogen-bond acceptors (Lipinski definition) is 7. The Morgan fingerprint density at radius 2 is 1.69 bits per heavy atom. The lowest BCUT2D eigenvalue weighted by molar-refractivity contribution is -0.384. The highest BCUT2D eigenvalue weighted by Crippen LogP contribution is 2.21. The molecule has 2 aromatic rings. The summed E-state index contributed by atoms with van der Waals surface area (Å²) in [6.45, 7) is 6.67. The van der Waals surface area contributed by atoms with E-state index in [1.807, 2.05) is 25.0 Å². The SMILES string of the molecule is CSc1nc(C)c(CCC(=O)N2CCN(c3ccc([N+](=O)[O-])cc3)CC2)c(C)n1. The molecule has 0 unspecified atom stereocenters. The van der Waals surface area contributed by atoms with E-state index >= 15 is 0 Å². The van der Waals surface area contributed by atoms with Crippen LogP contribution < -0.4 is 4.90 Å². The van der Waals surface area contributed by atoms with E-state index < -0.39 is 4.92 Å². The van der Waals surface area contributed by atoms with Crippen LogP contribution in [0.1, 0.15) is 23.4 Å². The number of amides is 1. The summed E-state index contributed by atoms with van der Waals surface area (Å²) in [6.07, 6.45) is 3.04. The number of carbonyl (C=O) groups excluding carboxylic acids is 1. The predicted molar refractivity (Wildman–Crippen MR) is 113 cm³/mol. The van der Waals surface area contributed by atoms with Crippen LogP contribution in [0.25, 0.3) is 0 Å². The van der Waals surface area contributed by atoms with Gasteiger partial charge in [0.15, 0.2) is 5.16 Å². The lowest BCUT2D eigenvalue weighted by atomic mass is 10.1. The van der Waals surface area contributed by atoms with Gasteiger partial charge in [-0.25, -0.2) is 9.97 Å². The first kappa shape index (κ1) is 21.0. The van der Waals surface area contributed by atoms with E-state index in [9.17, 15) is 14.9 Å². The Kier molecular flexibility index (Phi) is 6.68. The largest absolute Gasteiger partial charge is 0.368 e. The first-order valence-electron chi connectivity index (χ1n) is 9.54. The first-order chi connectivity index (χ1) is 13.9. The quantitative estimate of drug-likeness (QED) is 0.310. The molecule has 3 rings (SSSR count). The van der Waals surface area contributed by atoms with Crippen molar-refractivity contribution >= 4 is 29.0 Å². The van der Waals surface area contributed by atoms with E-state index in [1.165, 1.54) is 23.9 Å². The highest BCUT2D eigenvalue weighted by molar-refractivity contribution is 7.98. The molecule has 0 bridgehead atoms. The molecule has 1 fully saturated rings. The Balaban J connectivity index is 1.53. The van der Waals surface area contributed by atoms with Gasteiger partial charge in [-0.05, 0) is 44.2 Å². The lowest BCUT2D eigenvalue weighted by Gasteiger charge is -2.36. The topological polar surface area (TPSA) is 92.5 Å². The molecule has 1 amide bonds. The zero-order valence-electron chi connectivity index (χ0n) is 16.9. The van der Waals surface area contributed by atoms with Crippen LogP contribution in [0.2, 0.25) is 0 Å². The van der Waals surface area contributed by atoms with Gasteiger partial charge in [0.2, 0.25) is 5.91 Å². The maximum absolute atomic E-state index is 12.7. The minimum Gasteiger partial charge on any atom is -0.368 e. The number of nitro groups is 1. The van der Waals surface area contributed by atoms with Crippen LogP contribution >= 0.6 is 11.8 Å². The number of carbonyl (C=O) groups is 1. The number of anilines is 1. The van der Waals surface area contributed by atoms with Gasteiger partial charge in [0.25, 0.3) is 5.69 Å². The molecule has 0 N–H and O–H groups in total. The fourth-order valence-electron chi connectivity index (χ4n) is 3.55. The molecule has 1 aliphatic rings. The van der Waals surface area contributed by atoms with E-state index in [2.05, 4.69) is 14.9 Å². The average molecular weight is 416 g/mol. The van der Waals surface area contributed by atoms with E-state index in [4.69, 9.17) is 0 Å². The summed E-state index contributed by atoms with van der Waals surface area (Å²) in [7, 11) is 0. The number of piperazine rings is 1. The maximum atomic E-state index is 12.7. The third-order valence-electron chi connectivity index (χ3n) is 5.23. The van der Waals surface area contributed by atoms with Crippen molar-refractivity contribution < 1.29 is 9.72 Å². The number of aromatic nitrogens is 2. The average Bonchev–Trinajstić information content (AvgIpc) is 2.73. The third kappa shape index (κ3) is 5.03. The van der Waals surface area contributed by atoms with E-state index in [0.29, 0.717) is 39.0 Å². The second-order valence-electron chi connectivity index (χ2n) is 7.00. The molecule has 1 saturated heterocycles. The predicted octanol–water partition coefficient (Wildman–Crippen LogP) is 3.00. The van der Waals surface area contributed by atoms with Crippen molar-refractivity contribution in [3.05, 3.63) is 51.3 Å². The lowest BCUT2D eigenvalue weighted by Crippen LogP contribution is -2.48. The molecular formula is C20H25N5O3S. The van der Waals surface area contributed by atoms with Gasteiger partial charge in [-0.1, -0.05) is 11.8 Å². The molecule has 0 atom stereocenters. The van der Waals surface area contributed by atoms with E-state index in [-0.39, 0.29) is 11.6 Å². The van der Waals surface area contributed by atoms with Crippen molar-refractivity contribution in [1.82, 2.24) is 14.9 Å². The minimum absolute atomic E-state index is 0.0858. The molecule has 0 aliphatic carbocycles. The van der Waals surface area contributed by atoms with Crippen LogP contribution in [0, 0.1) is 24.0 Å². The van der Waals surface area contributed by atoms with Crippen molar-refractivity contribution in [2.75, 3.05) is 37.3 Å². The van der Waals surface area contributed by atoms with Crippen LogP contribution in [0.3, 0.4) is 0 Å². The van der Waals surface area contributed by atoms with Crippen LogP contribution in [0.4, 0.5) is 11.4 Å². The number of non-ortho nitro benzene ring substituents is 1. The molecule has 9 heteroatoms. The molecule has 1 aromatic heterocycles. The Morgan fingerprint density at radius 1 is 1.10 bits per heavy atom. The van der Waals surface area contributed by atoms with Crippen LogP contribution in [0.5, 0.6) is 0 Å². The van der Waals surface area contributed by atoms with Gasteiger partial charge >= 0.3 is 0 Å². The van der Waals surface area contributed by atoms with Gasteiger partial charge < -0.3 is 9.80 Å². The van der Waals surface area contributed by atoms with Crippen LogP contribution in [-0.2, 0) is 11.2 Å². The molecule has 0 radical (unpaired) electrons. The standard InChI is InChI=1S/C20H25N5O3S/c1-14-18(15(2)22-20(21-14)29-3)8-9-19(26)24-12-10-23(11-13-24)16-4-6-17(7-5-16)25(27)28/h4-7H,8-13H2,1-3H3. The second kappa shape index (κ2) is 9.21. The zero-order valence-corrected chi connectivity index (χ0v) is 17.7. The highest BCUT2D eigenvalue weighted by atomic mass is 32.2. The van der Waals surface area contributed by atoms with Crippen molar-refractivity contribution in [1.29, 1.82) is 0 Å². The first-order valence-corrected chi connectivity index (χ1v) is 10.8.